The highest BCUT2D eigenvalue weighted by Crippen LogP contribution is 2.33. The lowest BCUT2D eigenvalue weighted by atomic mass is 10.0. The van der Waals surface area contributed by atoms with Crippen molar-refractivity contribution in [1.82, 2.24) is 10.1 Å². The number of nitrogens with zero attached hydrogens (tertiary/aromatic N) is 2. The van der Waals surface area contributed by atoms with Crippen LogP contribution in [0.4, 0.5) is 4.39 Å². The van der Waals surface area contributed by atoms with Gasteiger partial charge in [-0.15, -0.1) is 12.4 Å². The number of carbonyl (C=O) groups is 1. The Balaban J connectivity index is 0.00000338. The van der Waals surface area contributed by atoms with Crippen LogP contribution in [0, 0.1) is 18.7 Å². The number of benzene rings is 1. The fourth-order valence-corrected chi connectivity index (χ4v) is 2.74. The topological polar surface area (TPSA) is 72.4 Å². The van der Waals surface area contributed by atoms with Crippen LogP contribution in [0.25, 0.3) is 11.3 Å². The highest BCUT2D eigenvalue weighted by atomic mass is 35.5. The number of aryl methyl sites for hydroxylation is 1. The van der Waals surface area contributed by atoms with Crippen LogP contribution in [0.1, 0.15) is 36.4 Å². The summed E-state index contributed by atoms with van der Waals surface area (Å²) in [6.45, 7) is 6.17. The van der Waals surface area contributed by atoms with Crippen LogP contribution in [0.15, 0.2) is 22.7 Å². The van der Waals surface area contributed by atoms with Gasteiger partial charge in [0.25, 0.3) is 5.91 Å². The Morgan fingerprint density at radius 1 is 1.42 bits per heavy atom. The van der Waals surface area contributed by atoms with Gasteiger partial charge in [-0.05, 0) is 31.4 Å². The summed E-state index contributed by atoms with van der Waals surface area (Å²) in [5, 5.41) is 4.04. The highest BCUT2D eigenvalue weighted by molar-refractivity contribution is 6.33. The molecule has 1 heterocycles. The average molecular weight is 404 g/mol. The maximum absolute atomic E-state index is 14.2. The Kier molecular flexibility index (Phi) is 8.06. The molecule has 5 nitrogen and oxygen atoms in total. The Bertz CT molecular complexity index is 745. The first-order valence-corrected chi connectivity index (χ1v) is 8.53. The summed E-state index contributed by atoms with van der Waals surface area (Å²) in [6.07, 6.45) is 0.667. The van der Waals surface area contributed by atoms with E-state index in [4.69, 9.17) is 21.9 Å². The van der Waals surface area contributed by atoms with Crippen molar-refractivity contribution in [3.8, 4) is 11.3 Å². The van der Waals surface area contributed by atoms with Crippen molar-refractivity contribution >= 4 is 29.9 Å². The van der Waals surface area contributed by atoms with Gasteiger partial charge in [-0.3, -0.25) is 4.79 Å². The molecule has 8 heteroatoms. The molecular weight excluding hydrogens is 380 g/mol. The van der Waals surface area contributed by atoms with Crippen molar-refractivity contribution < 1.29 is 13.7 Å². The lowest BCUT2D eigenvalue weighted by Crippen LogP contribution is -2.35. The van der Waals surface area contributed by atoms with E-state index in [0.717, 1.165) is 0 Å². The number of rotatable bonds is 6. The fourth-order valence-electron chi connectivity index (χ4n) is 2.49. The van der Waals surface area contributed by atoms with Gasteiger partial charge >= 0.3 is 0 Å². The van der Waals surface area contributed by atoms with Crippen LogP contribution in [-0.4, -0.2) is 35.6 Å². The van der Waals surface area contributed by atoms with Gasteiger partial charge in [-0.25, -0.2) is 4.39 Å². The van der Waals surface area contributed by atoms with Gasteiger partial charge in [0.15, 0.2) is 0 Å². The second-order valence-electron chi connectivity index (χ2n) is 6.48. The van der Waals surface area contributed by atoms with E-state index in [1.165, 1.54) is 12.1 Å². The summed E-state index contributed by atoms with van der Waals surface area (Å²) in [5.41, 5.74) is 6.44. The molecule has 0 fully saturated rings. The zero-order valence-electron chi connectivity index (χ0n) is 15.3. The van der Waals surface area contributed by atoms with Crippen molar-refractivity contribution in [1.29, 1.82) is 0 Å². The summed E-state index contributed by atoms with van der Waals surface area (Å²) >= 11 is 6.10. The van der Waals surface area contributed by atoms with E-state index in [9.17, 15) is 9.18 Å². The molecule has 1 aromatic carbocycles. The number of halogens is 3. The highest BCUT2D eigenvalue weighted by Gasteiger charge is 2.27. The number of hydrogen-bond acceptors (Lipinski definition) is 4. The minimum Gasteiger partial charge on any atom is -0.360 e. The maximum Gasteiger partial charge on any atom is 0.259 e. The van der Waals surface area contributed by atoms with E-state index in [1.54, 1.807) is 24.9 Å². The Morgan fingerprint density at radius 2 is 2.08 bits per heavy atom. The predicted molar refractivity (Wildman–Crippen MR) is 103 cm³/mol. The lowest BCUT2D eigenvalue weighted by molar-refractivity contribution is 0.0788. The van der Waals surface area contributed by atoms with Crippen molar-refractivity contribution in [2.45, 2.75) is 33.2 Å². The zero-order chi connectivity index (χ0) is 18.7. The molecule has 0 aliphatic rings. The summed E-state index contributed by atoms with van der Waals surface area (Å²) in [5.74, 6) is -0.212. The summed E-state index contributed by atoms with van der Waals surface area (Å²) in [4.78, 5) is 14.4. The summed E-state index contributed by atoms with van der Waals surface area (Å²) in [6, 6.07) is 4.31. The van der Waals surface area contributed by atoms with Crippen LogP contribution in [0.5, 0.6) is 0 Å². The van der Waals surface area contributed by atoms with Gasteiger partial charge in [0.2, 0.25) is 0 Å². The summed E-state index contributed by atoms with van der Waals surface area (Å²) in [7, 11) is 1.68. The predicted octanol–water partition coefficient (Wildman–Crippen LogP) is 4.31. The third kappa shape index (κ3) is 4.75. The fraction of sp³-hybridized carbons (Fsp3) is 0.444. The quantitative estimate of drug-likeness (QED) is 0.779. The van der Waals surface area contributed by atoms with Crippen LogP contribution < -0.4 is 5.73 Å². The molecule has 1 unspecified atom stereocenters. The van der Waals surface area contributed by atoms with Crippen molar-refractivity contribution in [2.24, 2.45) is 11.7 Å². The minimum atomic E-state index is -0.556. The molecule has 26 heavy (non-hydrogen) atoms. The molecular formula is C18H24Cl2FN3O2. The molecule has 0 aliphatic heterocycles. The van der Waals surface area contributed by atoms with Gasteiger partial charge < -0.3 is 15.2 Å². The van der Waals surface area contributed by atoms with E-state index in [-0.39, 0.29) is 46.2 Å². The molecule has 0 saturated carbocycles. The lowest BCUT2D eigenvalue weighted by Gasteiger charge is -2.21. The molecule has 2 aromatic rings. The second-order valence-corrected chi connectivity index (χ2v) is 6.89. The molecule has 1 atom stereocenters. The molecule has 0 aliphatic carbocycles. The van der Waals surface area contributed by atoms with Crippen molar-refractivity contribution in [3.05, 3.63) is 40.4 Å². The molecule has 2 rings (SSSR count). The smallest absolute Gasteiger partial charge is 0.259 e. The van der Waals surface area contributed by atoms with Gasteiger partial charge in [0.05, 0.1) is 10.6 Å². The maximum atomic E-state index is 14.2. The first kappa shape index (κ1) is 22.4. The van der Waals surface area contributed by atoms with Crippen molar-refractivity contribution in [3.63, 3.8) is 0 Å². The molecule has 1 amide bonds. The van der Waals surface area contributed by atoms with Gasteiger partial charge in [0.1, 0.15) is 22.8 Å². The number of nitrogens with two attached hydrogens (primary N) is 1. The van der Waals surface area contributed by atoms with E-state index >= 15 is 0 Å². The molecule has 0 radical (unpaired) electrons. The van der Waals surface area contributed by atoms with E-state index in [2.05, 4.69) is 5.16 Å². The number of carbonyl (C=O) groups excluding carboxylic acids is 1. The van der Waals surface area contributed by atoms with Gasteiger partial charge in [-0.2, -0.15) is 0 Å². The van der Waals surface area contributed by atoms with E-state index < -0.39 is 5.82 Å². The normalized spacial score (nSPS) is 12.0. The standard InChI is InChI=1S/C18H23ClFN3O2.ClH/c1-10(2)14(21)8-9-23(4)18(24)15-11(3)25-22-17(15)16-12(19)6-5-7-13(16)20;/h5-7,10,14H,8-9,21H2,1-4H3;1H. The Morgan fingerprint density at radius 3 is 2.65 bits per heavy atom. The Labute approximate surface area is 164 Å². The first-order chi connectivity index (χ1) is 11.7. The van der Waals surface area contributed by atoms with E-state index in [1.807, 2.05) is 13.8 Å². The van der Waals surface area contributed by atoms with Crippen LogP contribution in [-0.2, 0) is 0 Å². The molecule has 0 bridgehead atoms. The number of hydrogen-bond donors (Lipinski definition) is 1. The Hall–Kier alpha value is -1.63. The summed E-state index contributed by atoms with van der Waals surface area (Å²) < 4.78 is 19.4. The SMILES string of the molecule is Cc1onc(-c2c(F)cccc2Cl)c1C(=O)N(C)CCC(N)C(C)C.Cl. The monoisotopic (exact) mass is 403 g/mol. The third-order valence-electron chi connectivity index (χ3n) is 4.28. The first-order valence-electron chi connectivity index (χ1n) is 8.15. The van der Waals surface area contributed by atoms with Crippen LogP contribution in [0.3, 0.4) is 0 Å². The third-order valence-corrected chi connectivity index (χ3v) is 4.59. The van der Waals surface area contributed by atoms with E-state index in [0.29, 0.717) is 24.6 Å². The largest absolute Gasteiger partial charge is 0.360 e. The van der Waals surface area contributed by atoms with Gasteiger partial charge in [-0.1, -0.05) is 36.7 Å². The minimum absolute atomic E-state index is 0. The number of amides is 1. The molecule has 144 valence electrons. The molecule has 2 N–H and O–H groups in total. The molecule has 1 aromatic heterocycles. The van der Waals surface area contributed by atoms with Crippen molar-refractivity contribution in [2.75, 3.05) is 13.6 Å². The van der Waals surface area contributed by atoms with Crippen LogP contribution in [0.2, 0.25) is 5.02 Å². The zero-order valence-corrected chi connectivity index (χ0v) is 16.8. The van der Waals surface area contributed by atoms with Crippen LogP contribution >= 0.6 is 24.0 Å². The second kappa shape index (κ2) is 9.35. The number of aromatic nitrogens is 1. The molecule has 0 saturated heterocycles. The molecule has 0 spiro atoms. The van der Waals surface area contributed by atoms with Gasteiger partial charge in [0, 0.05) is 19.6 Å². The average Bonchev–Trinajstić information content (AvgIpc) is 2.92.